The number of aryl methyl sites for hydroxylation is 1. The predicted molar refractivity (Wildman–Crippen MR) is 92.0 cm³/mol. The zero-order valence-electron chi connectivity index (χ0n) is 14.8. The number of aromatic nitrogens is 2. The van der Waals surface area contributed by atoms with E-state index in [1.807, 2.05) is 24.3 Å². The van der Waals surface area contributed by atoms with Crippen molar-refractivity contribution in [3.05, 3.63) is 47.3 Å². The minimum Gasteiger partial charge on any atom is -0.490 e. The van der Waals surface area contributed by atoms with Crippen LogP contribution in [0.2, 0.25) is 0 Å². The van der Waals surface area contributed by atoms with Crippen LogP contribution in [0, 0.1) is 0 Å². The number of hydrogen-bond acceptors (Lipinski definition) is 3. The van der Waals surface area contributed by atoms with Gasteiger partial charge in [-0.2, -0.15) is 18.3 Å². The normalized spacial score (nSPS) is 14.5. The lowest BCUT2D eigenvalue weighted by atomic mass is 9.96. The van der Waals surface area contributed by atoms with Gasteiger partial charge in [0.25, 0.3) is 0 Å². The van der Waals surface area contributed by atoms with E-state index in [1.54, 1.807) is 0 Å². The molecular formula is C18H21F3N4O2. The third-order valence-electron chi connectivity index (χ3n) is 4.37. The Bertz CT molecular complexity index is 800. The lowest BCUT2D eigenvalue weighted by Crippen LogP contribution is -2.35. The van der Waals surface area contributed by atoms with E-state index in [2.05, 4.69) is 15.7 Å². The number of nitrogens with zero attached hydrogens (tertiary/aromatic N) is 2. The molecule has 1 aromatic heterocycles. The molecule has 2 N–H and O–H groups in total. The molecule has 0 radical (unpaired) electrons. The maximum Gasteiger partial charge on any atom is 0.435 e. The van der Waals surface area contributed by atoms with Crippen LogP contribution < -0.4 is 15.4 Å². The summed E-state index contributed by atoms with van der Waals surface area (Å²) in [5, 5.41) is 8.49. The molecule has 0 atom stereocenters. The van der Waals surface area contributed by atoms with E-state index < -0.39 is 17.9 Å². The number of nitrogens with one attached hydrogen (secondary N) is 2. The topological polar surface area (TPSA) is 68.2 Å². The number of benzene rings is 1. The van der Waals surface area contributed by atoms with Crippen molar-refractivity contribution >= 4 is 6.03 Å². The molecule has 1 aliphatic rings. The summed E-state index contributed by atoms with van der Waals surface area (Å²) >= 11 is 0. The van der Waals surface area contributed by atoms with Crippen LogP contribution in [-0.4, -0.2) is 21.9 Å². The van der Waals surface area contributed by atoms with Crippen LogP contribution in [0.4, 0.5) is 18.0 Å². The number of carbonyl (C=O) groups excluding carboxylic acids is 1. The van der Waals surface area contributed by atoms with Gasteiger partial charge in [0, 0.05) is 37.5 Å². The van der Waals surface area contributed by atoms with E-state index in [4.69, 9.17) is 4.74 Å². The molecule has 3 rings (SSSR count). The van der Waals surface area contributed by atoms with E-state index in [0.717, 1.165) is 29.5 Å². The van der Waals surface area contributed by atoms with E-state index in [0.29, 0.717) is 5.75 Å². The van der Waals surface area contributed by atoms with Crippen molar-refractivity contribution in [3.8, 4) is 5.75 Å². The van der Waals surface area contributed by atoms with Gasteiger partial charge in [0.15, 0.2) is 5.69 Å². The minimum atomic E-state index is -4.56. The third-order valence-corrected chi connectivity index (χ3v) is 4.37. The van der Waals surface area contributed by atoms with Crippen LogP contribution in [0.15, 0.2) is 30.5 Å². The monoisotopic (exact) mass is 382 g/mol. The Hall–Kier alpha value is -2.71. The van der Waals surface area contributed by atoms with Crippen LogP contribution in [-0.2, 0) is 26.3 Å². The van der Waals surface area contributed by atoms with Crippen molar-refractivity contribution in [1.29, 1.82) is 0 Å². The van der Waals surface area contributed by atoms with Crippen molar-refractivity contribution in [2.45, 2.75) is 44.6 Å². The second-order valence-corrected chi connectivity index (χ2v) is 6.49. The number of ether oxygens (including phenoxy) is 1. The Morgan fingerprint density at radius 2 is 1.89 bits per heavy atom. The molecule has 27 heavy (non-hydrogen) atoms. The fraction of sp³-hybridized carbons (Fsp3) is 0.444. The molecule has 2 aromatic rings. The van der Waals surface area contributed by atoms with Crippen LogP contribution in [0.25, 0.3) is 0 Å². The van der Waals surface area contributed by atoms with Crippen molar-refractivity contribution < 1.29 is 22.7 Å². The second-order valence-electron chi connectivity index (χ2n) is 6.49. The van der Waals surface area contributed by atoms with Crippen LogP contribution in [0.1, 0.15) is 36.1 Å². The maximum absolute atomic E-state index is 12.9. The lowest BCUT2D eigenvalue weighted by Gasteiger charge is -2.27. The van der Waals surface area contributed by atoms with Crippen molar-refractivity contribution in [3.63, 3.8) is 0 Å². The number of alkyl halides is 3. The van der Waals surface area contributed by atoms with Gasteiger partial charge in [0.1, 0.15) is 5.75 Å². The van der Waals surface area contributed by atoms with Gasteiger partial charge in [-0.1, -0.05) is 18.2 Å². The molecule has 0 saturated heterocycles. The summed E-state index contributed by atoms with van der Waals surface area (Å²) in [5.41, 5.74) is -0.268. The molecule has 1 fully saturated rings. The van der Waals surface area contributed by atoms with E-state index in [-0.39, 0.29) is 24.8 Å². The molecule has 0 aliphatic heterocycles. The van der Waals surface area contributed by atoms with Gasteiger partial charge < -0.3 is 15.4 Å². The molecule has 146 valence electrons. The Morgan fingerprint density at radius 3 is 2.52 bits per heavy atom. The highest BCUT2D eigenvalue weighted by Gasteiger charge is 2.36. The average Bonchev–Trinajstić information content (AvgIpc) is 2.96. The molecule has 1 aliphatic carbocycles. The van der Waals surface area contributed by atoms with Gasteiger partial charge in [0.2, 0.25) is 0 Å². The maximum atomic E-state index is 12.9. The minimum absolute atomic E-state index is 0.0890. The number of urea groups is 1. The molecule has 2 amide bonds. The number of halogens is 3. The second kappa shape index (κ2) is 7.89. The van der Waals surface area contributed by atoms with Gasteiger partial charge in [-0.25, -0.2) is 4.79 Å². The number of carbonyl (C=O) groups is 1. The quantitative estimate of drug-likeness (QED) is 0.805. The van der Waals surface area contributed by atoms with Gasteiger partial charge in [-0.3, -0.25) is 4.68 Å². The summed E-state index contributed by atoms with van der Waals surface area (Å²) in [6.07, 6.45) is 0.0921. The number of para-hydroxylation sites is 1. The van der Waals surface area contributed by atoms with E-state index >= 15 is 0 Å². The van der Waals surface area contributed by atoms with E-state index in [9.17, 15) is 18.0 Å². The molecule has 6 nitrogen and oxygen atoms in total. The highest BCUT2D eigenvalue weighted by atomic mass is 19.4. The molecule has 9 heteroatoms. The smallest absolute Gasteiger partial charge is 0.435 e. The Labute approximate surface area is 154 Å². The molecule has 1 heterocycles. The molecule has 0 unspecified atom stereocenters. The fourth-order valence-electron chi connectivity index (χ4n) is 2.75. The van der Waals surface area contributed by atoms with Gasteiger partial charge in [-0.15, -0.1) is 0 Å². The molecule has 1 aromatic carbocycles. The lowest BCUT2D eigenvalue weighted by molar-refractivity contribution is -0.142. The predicted octanol–water partition coefficient (Wildman–Crippen LogP) is 3.37. The first-order valence-electron chi connectivity index (χ1n) is 8.69. The number of amides is 2. The summed E-state index contributed by atoms with van der Waals surface area (Å²) < 4.78 is 45.7. The van der Waals surface area contributed by atoms with Crippen LogP contribution >= 0.6 is 0 Å². The van der Waals surface area contributed by atoms with Gasteiger partial charge >= 0.3 is 12.2 Å². The highest BCUT2D eigenvalue weighted by molar-refractivity contribution is 5.73. The zero-order valence-corrected chi connectivity index (χ0v) is 14.8. The average molecular weight is 382 g/mol. The number of hydrogen-bond donors (Lipinski definition) is 2. The zero-order chi connectivity index (χ0) is 19.4. The van der Waals surface area contributed by atoms with Gasteiger partial charge in [0.05, 0.1) is 6.10 Å². The first kappa shape index (κ1) is 19.1. The number of rotatable bonds is 6. The van der Waals surface area contributed by atoms with Crippen molar-refractivity contribution in [2.24, 2.45) is 7.05 Å². The molecule has 1 saturated carbocycles. The van der Waals surface area contributed by atoms with Crippen molar-refractivity contribution in [2.75, 3.05) is 0 Å². The summed E-state index contributed by atoms with van der Waals surface area (Å²) in [4.78, 5) is 12.0. The van der Waals surface area contributed by atoms with Gasteiger partial charge in [-0.05, 0) is 25.3 Å². The first-order chi connectivity index (χ1) is 12.8. The Kier molecular flexibility index (Phi) is 5.57. The third kappa shape index (κ3) is 4.93. The largest absolute Gasteiger partial charge is 0.490 e. The fourth-order valence-corrected chi connectivity index (χ4v) is 2.75. The van der Waals surface area contributed by atoms with Crippen molar-refractivity contribution in [1.82, 2.24) is 20.4 Å². The summed E-state index contributed by atoms with van der Waals surface area (Å²) in [6, 6.07) is 6.83. The van der Waals surface area contributed by atoms with E-state index in [1.165, 1.54) is 13.2 Å². The summed E-state index contributed by atoms with van der Waals surface area (Å²) in [7, 11) is 1.40. The molecular weight excluding hydrogens is 361 g/mol. The Morgan fingerprint density at radius 1 is 1.22 bits per heavy atom. The standard InChI is InChI=1S/C18H21F3N4O2/c1-25-11-13(16(24-25)18(19,20)21)10-23-17(26)22-9-12-5-2-3-8-15(12)27-14-6-4-7-14/h2-3,5,8,11,14H,4,6-7,9-10H2,1H3,(H2,22,23,26). The van der Waals surface area contributed by atoms with Crippen LogP contribution in [0.3, 0.4) is 0 Å². The Balaban J connectivity index is 1.54. The summed E-state index contributed by atoms with van der Waals surface area (Å²) in [6.45, 7) is -0.0529. The summed E-state index contributed by atoms with van der Waals surface area (Å²) in [5.74, 6) is 0.717. The molecule has 0 bridgehead atoms. The highest BCUT2D eigenvalue weighted by Crippen LogP contribution is 2.30. The first-order valence-corrected chi connectivity index (χ1v) is 8.69. The molecule has 0 spiro atoms. The SMILES string of the molecule is Cn1cc(CNC(=O)NCc2ccccc2OC2CCC2)c(C(F)(F)F)n1. The van der Waals surface area contributed by atoms with Crippen LogP contribution in [0.5, 0.6) is 5.75 Å².